The van der Waals surface area contributed by atoms with Crippen LogP contribution in [0.25, 0.3) is 11.1 Å². The fourth-order valence-electron chi connectivity index (χ4n) is 1.78. The lowest BCUT2D eigenvalue weighted by atomic mass is 10.0. The van der Waals surface area contributed by atoms with Crippen molar-refractivity contribution in [1.29, 1.82) is 0 Å². The Morgan fingerprint density at radius 1 is 1.24 bits per heavy atom. The number of alkyl halides is 3. The fourth-order valence-corrected chi connectivity index (χ4v) is 1.78. The Balaban J connectivity index is 2.44. The molecule has 0 spiro atoms. The Hall–Kier alpha value is -2.57. The molecule has 0 fully saturated rings. The monoisotopic (exact) mass is 296 g/mol. The average molecular weight is 296 g/mol. The van der Waals surface area contributed by atoms with Gasteiger partial charge < -0.3 is 10.5 Å². The zero-order valence-electron chi connectivity index (χ0n) is 10.9. The molecular weight excluding hydrogens is 285 g/mol. The van der Waals surface area contributed by atoms with Gasteiger partial charge in [-0.05, 0) is 23.8 Å². The molecule has 110 valence electrons. The van der Waals surface area contributed by atoms with Gasteiger partial charge in [0.25, 0.3) is 0 Å². The number of methoxy groups -OCH3 is 1. The van der Waals surface area contributed by atoms with Crippen LogP contribution < -0.4 is 5.73 Å². The number of anilines is 1. The van der Waals surface area contributed by atoms with Gasteiger partial charge in [0.1, 0.15) is 0 Å². The highest BCUT2D eigenvalue weighted by Crippen LogP contribution is 2.32. The van der Waals surface area contributed by atoms with Crippen molar-refractivity contribution in [3.8, 4) is 11.1 Å². The van der Waals surface area contributed by atoms with Gasteiger partial charge in [-0.15, -0.1) is 0 Å². The van der Waals surface area contributed by atoms with E-state index in [1.807, 2.05) is 0 Å². The van der Waals surface area contributed by atoms with Gasteiger partial charge in [0.2, 0.25) is 0 Å². The molecule has 2 aromatic rings. The summed E-state index contributed by atoms with van der Waals surface area (Å²) in [6.45, 7) is 0. The van der Waals surface area contributed by atoms with E-state index in [4.69, 9.17) is 5.73 Å². The van der Waals surface area contributed by atoms with Crippen molar-refractivity contribution < 1.29 is 22.7 Å². The van der Waals surface area contributed by atoms with E-state index in [0.29, 0.717) is 11.1 Å². The molecule has 4 nitrogen and oxygen atoms in total. The van der Waals surface area contributed by atoms with E-state index in [1.165, 1.54) is 31.5 Å². The normalized spacial score (nSPS) is 11.2. The molecule has 1 heterocycles. The first-order chi connectivity index (χ1) is 9.82. The third-order valence-electron chi connectivity index (χ3n) is 2.82. The molecule has 0 unspecified atom stereocenters. The van der Waals surface area contributed by atoms with Gasteiger partial charge in [-0.1, -0.05) is 12.1 Å². The number of nitrogen functional groups attached to an aromatic ring is 1. The van der Waals surface area contributed by atoms with Gasteiger partial charge in [0, 0.05) is 11.8 Å². The number of carbonyl (C=O) groups excluding carboxylic acids is 1. The summed E-state index contributed by atoms with van der Waals surface area (Å²) in [6, 6.07) is 6.15. The molecule has 0 amide bonds. The number of nitrogens with two attached hydrogens (primary N) is 1. The topological polar surface area (TPSA) is 65.2 Å². The SMILES string of the molecule is COC(=O)c1ncc(-c2cccc(C(F)(F)F)c2)cc1N. The van der Waals surface area contributed by atoms with Crippen molar-refractivity contribution in [3.05, 3.63) is 47.8 Å². The quantitative estimate of drug-likeness (QED) is 0.865. The summed E-state index contributed by atoms with van der Waals surface area (Å²) in [5.41, 5.74) is 5.56. The molecule has 1 aromatic heterocycles. The van der Waals surface area contributed by atoms with Crippen LogP contribution in [-0.4, -0.2) is 18.1 Å². The van der Waals surface area contributed by atoms with Crippen LogP contribution >= 0.6 is 0 Å². The largest absolute Gasteiger partial charge is 0.464 e. The van der Waals surface area contributed by atoms with Crippen LogP contribution in [0.15, 0.2) is 36.5 Å². The Morgan fingerprint density at radius 3 is 2.52 bits per heavy atom. The molecule has 0 aliphatic rings. The number of carbonyl (C=O) groups is 1. The molecular formula is C14H11F3N2O2. The number of rotatable bonds is 2. The minimum absolute atomic E-state index is 0.0387. The maximum absolute atomic E-state index is 12.7. The van der Waals surface area contributed by atoms with Gasteiger partial charge in [0.05, 0.1) is 18.4 Å². The summed E-state index contributed by atoms with van der Waals surface area (Å²) in [7, 11) is 1.18. The van der Waals surface area contributed by atoms with E-state index in [0.717, 1.165) is 12.1 Å². The second kappa shape index (κ2) is 5.43. The van der Waals surface area contributed by atoms with Crippen molar-refractivity contribution in [2.45, 2.75) is 6.18 Å². The molecule has 21 heavy (non-hydrogen) atoms. The van der Waals surface area contributed by atoms with E-state index in [-0.39, 0.29) is 11.4 Å². The molecule has 0 aliphatic heterocycles. The van der Waals surface area contributed by atoms with Crippen molar-refractivity contribution >= 4 is 11.7 Å². The van der Waals surface area contributed by atoms with E-state index in [1.54, 1.807) is 0 Å². The number of hydrogen-bond acceptors (Lipinski definition) is 4. The summed E-state index contributed by atoms with van der Waals surface area (Å²) in [5.74, 6) is -0.705. The number of nitrogens with zero attached hydrogens (tertiary/aromatic N) is 1. The molecule has 0 atom stereocenters. The molecule has 0 saturated carbocycles. The number of halogens is 3. The first kappa shape index (κ1) is 14.8. The average Bonchev–Trinajstić information content (AvgIpc) is 2.45. The smallest absolute Gasteiger partial charge is 0.416 e. The van der Waals surface area contributed by atoms with Gasteiger partial charge in [-0.2, -0.15) is 13.2 Å². The van der Waals surface area contributed by atoms with Crippen LogP contribution in [0.3, 0.4) is 0 Å². The maximum atomic E-state index is 12.7. The van der Waals surface area contributed by atoms with Gasteiger partial charge in [-0.3, -0.25) is 0 Å². The lowest BCUT2D eigenvalue weighted by molar-refractivity contribution is -0.137. The van der Waals surface area contributed by atoms with Crippen LogP contribution in [0.4, 0.5) is 18.9 Å². The van der Waals surface area contributed by atoms with Gasteiger partial charge in [0.15, 0.2) is 5.69 Å². The first-order valence-electron chi connectivity index (χ1n) is 5.84. The number of pyridine rings is 1. The zero-order valence-corrected chi connectivity index (χ0v) is 10.9. The summed E-state index contributed by atoms with van der Waals surface area (Å²) < 4.78 is 42.5. The standard InChI is InChI=1S/C14H11F3N2O2/c1-21-13(20)12-11(18)6-9(7-19-12)8-3-2-4-10(5-8)14(15,16)17/h2-7H,18H2,1H3. The lowest BCUT2D eigenvalue weighted by Gasteiger charge is -2.10. The molecule has 2 N–H and O–H groups in total. The van der Waals surface area contributed by atoms with Crippen molar-refractivity contribution in [2.75, 3.05) is 12.8 Å². The van der Waals surface area contributed by atoms with Crippen molar-refractivity contribution in [1.82, 2.24) is 4.98 Å². The summed E-state index contributed by atoms with van der Waals surface area (Å²) >= 11 is 0. The molecule has 7 heteroatoms. The van der Waals surface area contributed by atoms with E-state index >= 15 is 0 Å². The van der Waals surface area contributed by atoms with Gasteiger partial charge in [-0.25, -0.2) is 9.78 Å². The van der Waals surface area contributed by atoms with Crippen LogP contribution in [-0.2, 0) is 10.9 Å². The van der Waals surface area contributed by atoms with E-state index in [2.05, 4.69) is 9.72 Å². The number of benzene rings is 1. The number of hydrogen-bond donors (Lipinski definition) is 1. The Labute approximate surface area is 118 Å². The van der Waals surface area contributed by atoms with E-state index < -0.39 is 17.7 Å². The van der Waals surface area contributed by atoms with Crippen LogP contribution in [0, 0.1) is 0 Å². The zero-order chi connectivity index (χ0) is 15.6. The Kier molecular flexibility index (Phi) is 3.84. The maximum Gasteiger partial charge on any atom is 0.416 e. The predicted octanol–water partition coefficient (Wildman–Crippen LogP) is 3.14. The summed E-state index contributed by atoms with van der Waals surface area (Å²) in [6.07, 6.45) is -3.15. The third-order valence-corrected chi connectivity index (χ3v) is 2.82. The minimum Gasteiger partial charge on any atom is -0.464 e. The minimum atomic E-state index is -4.43. The highest BCUT2D eigenvalue weighted by molar-refractivity contribution is 5.93. The molecule has 0 saturated heterocycles. The second-order valence-corrected chi connectivity index (χ2v) is 4.23. The summed E-state index contributed by atoms with van der Waals surface area (Å²) in [5, 5.41) is 0. The Bertz CT molecular complexity index is 684. The van der Waals surface area contributed by atoms with E-state index in [9.17, 15) is 18.0 Å². The number of esters is 1. The Morgan fingerprint density at radius 2 is 1.95 bits per heavy atom. The summed E-state index contributed by atoms with van der Waals surface area (Å²) in [4.78, 5) is 15.2. The highest BCUT2D eigenvalue weighted by atomic mass is 19.4. The molecule has 2 rings (SSSR count). The highest BCUT2D eigenvalue weighted by Gasteiger charge is 2.30. The third kappa shape index (κ3) is 3.13. The van der Waals surface area contributed by atoms with Crippen molar-refractivity contribution in [3.63, 3.8) is 0 Å². The molecule has 0 radical (unpaired) electrons. The van der Waals surface area contributed by atoms with Crippen LogP contribution in [0.5, 0.6) is 0 Å². The van der Waals surface area contributed by atoms with Gasteiger partial charge >= 0.3 is 12.1 Å². The number of ether oxygens (including phenoxy) is 1. The molecule has 1 aromatic carbocycles. The van der Waals surface area contributed by atoms with Crippen LogP contribution in [0.2, 0.25) is 0 Å². The molecule has 0 bridgehead atoms. The second-order valence-electron chi connectivity index (χ2n) is 4.23. The predicted molar refractivity (Wildman–Crippen MR) is 70.4 cm³/mol. The van der Waals surface area contributed by atoms with Crippen LogP contribution in [0.1, 0.15) is 16.1 Å². The lowest BCUT2D eigenvalue weighted by Crippen LogP contribution is -2.08. The fraction of sp³-hybridized carbons (Fsp3) is 0.143. The first-order valence-corrected chi connectivity index (χ1v) is 5.84. The number of aromatic nitrogens is 1. The molecule has 0 aliphatic carbocycles. The van der Waals surface area contributed by atoms with Crippen molar-refractivity contribution in [2.24, 2.45) is 0 Å².